The molecule has 134 valence electrons. The fraction of sp³-hybridized carbons (Fsp3) is 0.0455. The number of ether oxygens (including phenoxy) is 3. The number of hydrogen-bond acceptors (Lipinski definition) is 5. The minimum atomic E-state index is -0.121. The van der Waals surface area contributed by atoms with Crippen LogP contribution in [0.3, 0.4) is 0 Å². The van der Waals surface area contributed by atoms with E-state index >= 15 is 0 Å². The van der Waals surface area contributed by atoms with Crippen molar-refractivity contribution < 1.29 is 19.0 Å². The maximum atomic E-state index is 12.2. The van der Waals surface area contributed by atoms with Crippen LogP contribution in [-0.2, 0) is 0 Å². The van der Waals surface area contributed by atoms with Gasteiger partial charge in [-0.05, 0) is 54.6 Å². The molecule has 4 rings (SSSR count). The SMILES string of the molecule is O=C(C=CNc1ccc(Oc2ccccc2)cc1)c1ccc2c(c1)OCO2. The van der Waals surface area contributed by atoms with Gasteiger partial charge in [-0.25, -0.2) is 0 Å². The second kappa shape index (κ2) is 7.66. The summed E-state index contributed by atoms with van der Waals surface area (Å²) < 4.78 is 16.3. The molecule has 0 saturated heterocycles. The standard InChI is InChI=1S/C22H17NO4/c24-20(16-6-11-21-22(14-16)26-15-25-21)12-13-23-17-7-9-19(10-8-17)27-18-4-2-1-3-5-18/h1-14,23H,15H2. The zero-order chi connectivity index (χ0) is 18.5. The molecule has 5 nitrogen and oxygen atoms in total. The molecule has 0 aliphatic carbocycles. The lowest BCUT2D eigenvalue weighted by molar-refractivity contribution is 0.104. The van der Waals surface area contributed by atoms with Gasteiger partial charge in [0.05, 0.1) is 0 Å². The van der Waals surface area contributed by atoms with E-state index in [4.69, 9.17) is 14.2 Å². The van der Waals surface area contributed by atoms with Crippen molar-refractivity contribution in [3.05, 3.63) is 90.6 Å². The molecular weight excluding hydrogens is 342 g/mol. The normalized spacial score (nSPS) is 12.1. The quantitative estimate of drug-likeness (QED) is 0.495. The number of ketones is 1. The van der Waals surface area contributed by atoms with E-state index in [1.54, 1.807) is 24.4 Å². The molecule has 1 heterocycles. The lowest BCUT2D eigenvalue weighted by Crippen LogP contribution is -1.96. The summed E-state index contributed by atoms with van der Waals surface area (Å²) in [5.74, 6) is 2.66. The van der Waals surface area contributed by atoms with Crippen LogP contribution >= 0.6 is 0 Å². The van der Waals surface area contributed by atoms with Crippen molar-refractivity contribution in [1.29, 1.82) is 0 Å². The van der Waals surface area contributed by atoms with Crippen LogP contribution in [0.5, 0.6) is 23.0 Å². The first-order valence-electron chi connectivity index (χ1n) is 8.48. The Morgan fingerprint density at radius 3 is 2.44 bits per heavy atom. The Morgan fingerprint density at radius 1 is 0.889 bits per heavy atom. The average Bonchev–Trinajstić information content (AvgIpc) is 3.18. The first kappa shape index (κ1) is 16.7. The van der Waals surface area contributed by atoms with E-state index in [2.05, 4.69) is 5.32 Å². The number of benzene rings is 3. The summed E-state index contributed by atoms with van der Waals surface area (Å²) in [6, 6.07) is 22.2. The van der Waals surface area contributed by atoms with Crippen LogP contribution in [0.15, 0.2) is 85.1 Å². The molecule has 1 aliphatic heterocycles. The highest BCUT2D eigenvalue weighted by molar-refractivity contribution is 6.05. The number of hydrogen-bond donors (Lipinski definition) is 1. The van der Waals surface area contributed by atoms with E-state index in [9.17, 15) is 4.79 Å². The minimum Gasteiger partial charge on any atom is -0.457 e. The van der Waals surface area contributed by atoms with Crippen molar-refractivity contribution in [2.45, 2.75) is 0 Å². The molecule has 5 heteroatoms. The van der Waals surface area contributed by atoms with Crippen LogP contribution in [-0.4, -0.2) is 12.6 Å². The number of para-hydroxylation sites is 1. The molecule has 27 heavy (non-hydrogen) atoms. The second-order valence-electron chi connectivity index (χ2n) is 5.85. The highest BCUT2D eigenvalue weighted by Crippen LogP contribution is 2.32. The molecule has 0 amide bonds. The number of carbonyl (C=O) groups is 1. The fourth-order valence-electron chi connectivity index (χ4n) is 2.60. The van der Waals surface area contributed by atoms with Crippen molar-refractivity contribution in [1.82, 2.24) is 0 Å². The second-order valence-corrected chi connectivity index (χ2v) is 5.85. The van der Waals surface area contributed by atoms with E-state index in [0.717, 1.165) is 17.2 Å². The van der Waals surface area contributed by atoms with Crippen LogP contribution in [0.1, 0.15) is 10.4 Å². The van der Waals surface area contributed by atoms with Crippen molar-refractivity contribution in [3.63, 3.8) is 0 Å². The zero-order valence-corrected chi connectivity index (χ0v) is 14.4. The Labute approximate surface area is 156 Å². The topological polar surface area (TPSA) is 56.8 Å². The maximum Gasteiger partial charge on any atom is 0.231 e. The number of carbonyl (C=O) groups excluding carboxylic acids is 1. The van der Waals surface area contributed by atoms with Gasteiger partial charge in [-0.2, -0.15) is 0 Å². The molecule has 0 atom stereocenters. The molecule has 1 N–H and O–H groups in total. The highest BCUT2D eigenvalue weighted by Gasteiger charge is 2.14. The van der Waals surface area contributed by atoms with Crippen molar-refractivity contribution >= 4 is 11.5 Å². The van der Waals surface area contributed by atoms with Crippen LogP contribution in [0, 0.1) is 0 Å². The molecule has 3 aromatic rings. The Balaban J connectivity index is 1.34. The fourth-order valence-corrected chi connectivity index (χ4v) is 2.60. The van der Waals surface area contributed by atoms with Crippen molar-refractivity contribution in [2.75, 3.05) is 12.1 Å². The van der Waals surface area contributed by atoms with Gasteiger partial charge in [-0.1, -0.05) is 18.2 Å². The first-order valence-corrected chi connectivity index (χ1v) is 8.48. The predicted molar refractivity (Wildman–Crippen MR) is 103 cm³/mol. The molecule has 0 bridgehead atoms. The molecular formula is C22H17NO4. The summed E-state index contributed by atoms with van der Waals surface area (Å²) in [6.45, 7) is 0.189. The lowest BCUT2D eigenvalue weighted by Gasteiger charge is -2.06. The number of rotatable bonds is 6. The molecule has 0 fully saturated rings. The van der Waals surface area contributed by atoms with Gasteiger partial charge in [0, 0.05) is 23.5 Å². The summed E-state index contributed by atoms with van der Waals surface area (Å²) in [7, 11) is 0. The van der Waals surface area contributed by atoms with Gasteiger partial charge >= 0.3 is 0 Å². The smallest absolute Gasteiger partial charge is 0.231 e. The molecule has 0 aromatic heterocycles. The molecule has 3 aromatic carbocycles. The van der Waals surface area contributed by atoms with Gasteiger partial charge in [0.2, 0.25) is 6.79 Å². The maximum absolute atomic E-state index is 12.2. The van der Waals surface area contributed by atoms with Crippen LogP contribution in [0.4, 0.5) is 5.69 Å². The Kier molecular flexibility index (Phi) is 4.74. The summed E-state index contributed by atoms with van der Waals surface area (Å²) in [5.41, 5.74) is 1.40. The number of anilines is 1. The largest absolute Gasteiger partial charge is 0.457 e. The van der Waals surface area contributed by atoms with Crippen LogP contribution < -0.4 is 19.5 Å². The first-order chi connectivity index (χ1) is 13.3. The van der Waals surface area contributed by atoms with Gasteiger partial charge in [0.15, 0.2) is 17.3 Å². The highest BCUT2D eigenvalue weighted by atomic mass is 16.7. The average molecular weight is 359 g/mol. The number of fused-ring (bicyclic) bond motifs is 1. The number of allylic oxidation sites excluding steroid dienone is 1. The lowest BCUT2D eigenvalue weighted by atomic mass is 10.1. The van der Waals surface area contributed by atoms with Gasteiger partial charge < -0.3 is 19.5 Å². The number of nitrogens with one attached hydrogen (secondary N) is 1. The van der Waals surface area contributed by atoms with Gasteiger partial charge in [-0.15, -0.1) is 0 Å². The van der Waals surface area contributed by atoms with Gasteiger partial charge in [-0.3, -0.25) is 4.79 Å². The third kappa shape index (κ3) is 4.10. The molecule has 0 radical (unpaired) electrons. The van der Waals surface area contributed by atoms with Crippen LogP contribution in [0.2, 0.25) is 0 Å². The third-order valence-electron chi connectivity index (χ3n) is 3.98. The van der Waals surface area contributed by atoms with E-state index in [0.29, 0.717) is 17.1 Å². The van der Waals surface area contributed by atoms with E-state index in [1.165, 1.54) is 6.08 Å². The monoisotopic (exact) mass is 359 g/mol. The Morgan fingerprint density at radius 2 is 1.63 bits per heavy atom. The molecule has 1 aliphatic rings. The van der Waals surface area contributed by atoms with Gasteiger partial charge in [0.25, 0.3) is 0 Å². The Hall–Kier alpha value is -3.73. The summed E-state index contributed by atoms with van der Waals surface area (Å²) in [5, 5.41) is 3.08. The molecule has 0 spiro atoms. The molecule has 0 saturated carbocycles. The Bertz CT molecular complexity index is 965. The summed E-state index contributed by atoms with van der Waals surface area (Å²) >= 11 is 0. The van der Waals surface area contributed by atoms with Crippen LogP contribution in [0.25, 0.3) is 0 Å². The van der Waals surface area contributed by atoms with E-state index in [-0.39, 0.29) is 12.6 Å². The van der Waals surface area contributed by atoms with Crippen molar-refractivity contribution in [3.8, 4) is 23.0 Å². The van der Waals surface area contributed by atoms with E-state index < -0.39 is 0 Å². The summed E-state index contributed by atoms with van der Waals surface area (Å²) in [6.07, 6.45) is 3.09. The van der Waals surface area contributed by atoms with E-state index in [1.807, 2.05) is 54.6 Å². The minimum absolute atomic E-state index is 0.121. The zero-order valence-electron chi connectivity index (χ0n) is 14.4. The van der Waals surface area contributed by atoms with Crippen molar-refractivity contribution in [2.24, 2.45) is 0 Å². The third-order valence-corrected chi connectivity index (χ3v) is 3.98. The predicted octanol–water partition coefficient (Wildman–Crippen LogP) is 5.02. The van der Waals surface area contributed by atoms with Gasteiger partial charge in [0.1, 0.15) is 11.5 Å². The molecule has 0 unspecified atom stereocenters. The summed E-state index contributed by atoms with van der Waals surface area (Å²) in [4.78, 5) is 12.2.